The number of hydrogen-bond donors (Lipinski definition) is 1. The summed E-state index contributed by atoms with van der Waals surface area (Å²) in [7, 11) is -3.36. The van der Waals surface area contributed by atoms with Gasteiger partial charge in [0.25, 0.3) is 10.0 Å². The molecule has 19 heavy (non-hydrogen) atoms. The molecule has 1 saturated heterocycles. The summed E-state index contributed by atoms with van der Waals surface area (Å²) in [6, 6.07) is 2.00. The van der Waals surface area contributed by atoms with Gasteiger partial charge in [-0.1, -0.05) is 6.92 Å². The molecule has 0 aliphatic carbocycles. The normalized spacial score (nSPS) is 25.1. The molecule has 2 rings (SSSR count). The van der Waals surface area contributed by atoms with Gasteiger partial charge in [-0.2, -0.15) is 4.31 Å². The molecule has 1 aliphatic rings. The molecule has 2 unspecified atom stereocenters. The average Bonchev–Trinajstić information content (AvgIpc) is 2.92. The minimum absolute atomic E-state index is 0.0960. The fourth-order valence-corrected chi connectivity index (χ4v) is 6.31. The zero-order valence-corrected chi connectivity index (χ0v) is 13.4. The van der Waals surface area contributed by atoms with Crippen molar-refractivity contribution in [3.63, 3.8) is 0 Å². The van der Waals surface area contributed by atoms with Crippen LogP contribution in [0.15, 0.2) is 10.3 Å². The highest BCUT2D eigenvalue weighted by atomic mass is 32.2. The molecule has 6 heteroatoms. The smallest absolute Gasteiger partial charge is 0.253 e. The maximum atomic E-state index is 12.8. The largest absolute Gasteiger partial charge is 0.326 e. The Hall–Kier alpha value is -0.430. The number of nitrogens with two attached hydrogens (primary N) is 1. The van der Waals surface area contributed by atoms with Crippen molar-refractivity contribution in [3.8, 4) is 0 Å². The van der Waals surface area contributed by atoms with Crippen molar-refractivity contribution in [2.75, 3.05) is 0 Å². The van der Waals surface area contributed by atoms with Gasteiger partial charge in [0.15, 0.2) is 0 Å². The molecule has 0 spiro atoms. The van der Waals surface area contributed by atoms with Crippen LogP contribution in [0.4, 0.5) is 0 Å². The second-order valence-electron chi connectivity index (χ2n) is 5.20. The van der Waals surface area contributed by atoms with E-state index in [4.69, 9.17) is 5.73 Å². The van der Waals surface area contributed by atoms with E-state index in [-0.39, 0.29) is 12.1 Å². The molecule has 108 valence electrons. The molecule has 0 bridgehead atoms. The van der Waals surface area contributed by atoms with Crippen LogP contribution in [0, 0.1) is 6.92 Å². The van der Waals surface area contributed by atoms with Gasteiger partial charge in [-0.3, -0.25) is 0 Å². The van der Waals surface area contributed by atoms with Gasteiger partial charge in [-0.05, 0) is 44.7 Å². The average molecular weight is 302 g/mol. The highest BCUT2D eigenvalue weighted by molar-refractivity contribution is 7.91. The molecular weight excluding hydrogens is 280 g/mol. The Morgan fingerprint density at radius 2 is 2.16 bits per heavy atom. The van der Waals surface area contributed by atoms with E-state index in [0.29, 0.717) is 10.8 Å². The van der Waals surface area contributed by atoms with Crippen molar-refractivity contribution < 1.29 is 8.42 Å². The summed E-state index contributed by atoms with van der Waals surface area (Å²) in [5, 5.41) is 0. The minimum Gasteiger partial charge on any atom is -0.326 e. The van der Waals surface area contributed by atoms with Crippen LogP contribution in [0.5, 0.6) is 0 Å². The van der Waals surface area contributed by atoms with E-state index in [9.17, 15) is 8.42 Å². The van der Waals surface area contributed by atoms with E-state index < -0.39 is 10.0 Å². The predicted octanol–water partition coefficient (Wildman–Crippen LogP) is 2.47. The second-order valence-corrected chi connectivity index (χ2v) is 8.41. The van der Waals surface area contributed by atoms with Crippen LogP contribution in [0.2, 0.25) is 0 Å². The number of aryl methyl sites for hydroxylation is 1. The van der Waals surface area contributed by atoms with Crippen molar-refractivity contribution in [2.45, 2.75) is 62.9 Å². The Morgan fingerprint density at radius 1 is 1.47 bits per heavy atom. The van der Waals surface area contributed by atoms with Crippen LogP contribution < -0.4 is 5.73 Å². The summed E-state index contributed by atoms with van der Waals surface area (Å²) in [6.07, 6.45) is 2.79. The van der Waals surface area contributed by atoms with Crippen molar-refractivity contribution in [1.82, 2.24) is 4.31 Å². The monoisotopic (exact) mass is 302 g/mol. The second kappa shape index (κ2) is 5.52. The van der Waals surface area contributed by atoms with E-state index in [1.165, 1.54) is 11.3 Å². The Balaban J connectivity index is 2.40. The quantitative estimate of drug-likeness (QED) is 0.929. The molecule has 0 radical (unpaired) electrons. The molecule has 0 aromatic carbocycles. The molecule has 1 aliphatic heterocycles. The molecule has 2 N–H and O–H groups in total. The lowest BCUT2D eigenvalue weighted by molar-refractivity contribution is 0.329. The molecule has 1 fully saturated rings. The summed E-state index contributed by atoms with van der Waals surface area (Å²) in [5.41, 5.74) is 6.62. The Bertz CT molecular complexity index is 551. The van der Waals surface area contributed by atoms with Crippen LogP contribution in [0.25, 0.3) is 0 Å². The van der Waals surface area contributed by atoms with Crippen molar-refractivity contribution in [3.05, 3.63) is 16.5 Å². The zero-order valence-electron chi connectivity index (χ0n) is 11.7. The lowest BCUT2D eigenvalue weighted by atomic mass is 10.2. The van der Waals surface area contributed by atoms with Gasteiger partial charge in [0.1, 0.15) is 4.21 Å². The molecule has 2 heterocycles. The Morgan fingerprint density at radius 3 is 2.68 bits per heavy atom. The first-order chi connectivity index (χ1) is 8.91. The van der Waals surface area contributed by atoms with Crippen LogP contribution in [0.3, 0.4) is 0 Å². The third-order valence-corrected chi connectivity index (χ3v) is 7.67. The van der Waals surface area contributed by atoms with Gasteiger partial charge >= 0.3 is 0 Å². The van der Waals surface area contributed by atoms with Gasteiger partial charge < -0.3 is 5.73 Å². The zero-order chi connectivity index (χ0) is 14.2. The molecule has 0 saturated carbocycles. The van der Waals surface area contributed by atoms with E-state index >= 15 is 0 Å². The van der Waals surface area contributed by atoms with Gasteiger partial charge in [0.05, 0.1) is 0 Å². The summed E-state index contributed by atoms with van der Waals surface area (Å²) in [5.74, 6) is 0. The lowest BCUT2D eigenvalue weighted by Crippen LogP contribution is -2.39. The van der Waals surface area contributed by atoms with Crippen molar-refractivity contribution in [2.24, 2.45) is 5.73 Å². The van der Waals surface area contributed by atoms with E-state index in [1.807, 2.05) is 13.8 Å². The maximum Gasteiger partial charge on any atom is 0.253 e. The van der Waals surface area contributed by atoms with Crippen molar-refractivity contribution >= 4 is 21.4 Å². The third kappa shape index (κ3) is 2.59. The molecule has 1 aromatic heterocycles. The SMILES string of the molecule is CCC1CCC(C)N1S(=O)(=O)c1cc(C)c(CN)s1. The fraction of sp³-hybridized carbons (Fsp3) is 0.692. The first-order valence-corrected chi connectivity index (χ1v) is 9.00. The first-order valence-electron chi connectivity index (χ1n) is 6.74. The highest BCUT2D eigenvalue weighted by Crippen LogP contribution is 2.35. The molecule has 0 amide bonds. The van der Waals surface area contributed by atoms with E-state index in [1.54, 1.807) is 10.4 Å². The van der Waals surface area contributed by atoms with Gasteiger partial charge in [0.2, 0.25) is 0 Å². The van der Waals surface area contributed by atoms with Crippen LogP contribution >= 0.6 is 11.3 Å². The van der Waals surface area contributed by atoms with Gasteiger partial charge in [-0.25, -0.2) is 8.42 Å². The third-order valence-electron chi connectivity index (χ3n) is 3.90. The van der Waals surface area contributed by atoms with E-state index in [2.05, 4.69) is 6.92 Å². The van der Waals surface area contributed by atoms with E-state index in [0.717, 1.165) is 29.7 Å². The molecule has 1 aromatic rings. The first kappa shape index (κ1) is 15.0. The van der Waals surface area contributed by atoms with Crippen LogP contribution in [0.1, 0.15) is 43.6 Å². The summed E-state index contributed by atoms with van der Waals surface area (Å²) in [6.45, 7) is 6.37. The Labute approximate surface area is 119 Å². The molecule has 2 atom stereocenters. The highest BCUT2D eigenvalue weighted by Gasteiger charge is 2.39. The number of sulfonamides is 1. The van der Waals surface area contributed by atoms with Gasteiger partial charge in [0, 0.05) is 23.5 Å². The topological polar surface area (TPSA) is 63.4 Å². The lowest BCUT2D eigenvalue weighted by Gasteiger charge is -2.26. The minimum atomic E-state index is -3.36. The fourth-order valence-electron chi connectivity index (χ4n) is 2.79. The number of nitrogens with zero attached hydrogens (tertiary/aromatic N) is 1. The standard InChI is InChI=1S/C13H22N2O2S2/c1-4-11-6-5-10(3)15(11)19(16,17)13-7-9(2)12(8-14)18-13/h7,10-11H,4-6,8,14H2,1-3H3. The summed E-state index contributed by atoms with van der Waals surface area (Å²) < 4.78 is 27.7. The number of hydrogen-bond acceptors (Lipinski definition) is 4. The van der Waals surface area contributed by atoms with Crippen LogP contribution in [-0.2, 0) is 16.6 Å². The van der Waals surface area contributed by atoms with Gasteiger partial charge in [-0.15, -0.1) is 11.3 Å². The van der Waals surface area contributed by atoms with Crippen molar-refractivity contribution in [1.29, 1.82) is 0 Å². The predicted molar refractivity (Wildman–Crippen MR) is 78.7 cm³/mol. The number of rotatable bonds is 4. The maximum absolute atomic E-state index is 12.8. The summed E-state index contributed by atoms with van der Waals surface area (Å²) >= 11 is 1.31. The molecular formula is C13H22N2O2S2. The molecule has 4 nitrogen and oxygen atoms in total. The van der Waals surface area contributed by atoms with Crippen LogP contribution in [-0.4, -0.2) is 24.8 Å². The summed E-state index contributed by atoms with van der Waals surface area (Å²) in [4.78, 5) is 0.957. The number of thiophene rings is 1. The Kier molecular flexibility index (Phi) is 4.35.